The van der Waals surface area contributed by atoms with Crippen LogP contribution in [0, 0.1) is 62.4 Å². The second kappa shape index (κ2) is 41.8. The molecule has 8 heterocycles. The topological polar surface area (TPSA) is 138 Å². The summed E-state index contributed by atoms with van der Waals surface area (Å²) < 4.78 is 3.44. The van der Waals surface area contributed by atoms with Gasteiger partial charge in [-0.15, -0.1) is 0 Å². The first-order chi connectivity index (χ1) is 50.3. The third-order valence-corrected chi connectivity index (χ3v) is 16.6. The molecule has 2 aliphatic rings. The van der Waals surface area contributed by atoms with E-state index in [1.165, 1.54) is 33.4 Å². The van der Waals surface area contributed by atoms with Gasteiger partial charge in [-0.2, -0.15) is 295 Å². The minimum Gasteiger partial charge on any atom is -0.259 e. The van der Waals surface area contributed by atoms with Crippen LogP contribution in [-0.4, -0.2) is 60.9 Å². The Bertz CT molecular complexity index is 5010. The van der Waals surface area contributed by atoms with Crippen molar-refractivity contribution in [2.75, 3.05) is 0 Å². The fraction of sp³-hybridized carbons (Fsp3) is 0.133. The number of allylic oxidation sites excluding steroid dienone is 2. The second-order valence-corrected chi connectivity index (χ2v) is 24.6. The molecular weight excluding hydrogens is 2030 g/mol. The molecule has 12 nitrogen and oxygen atoms in total. The zero-order valence-corrected chi connectivity index (χ0v) is 67.3. The molecule has 0 fully saturated rings. The second-order valence-electron chi connectivity index (χ2n) is 24.6. The Labute approximate surface area is 679 Å². The fourth-order valence-electron chi connectivity index (χ4n) is 11.8. The van der Waals surface area contributed by atoms with Crippen LogP contribution in [0.25, 0.3) is 11.9 Å². The van der Waals surface area contributed by atoms with Crippen LogP contribution in [0.15, 0.2) is 290 Å². The van der Waals surface area contributed by atoms with Gasteiger partial charge in [0.15, 0.2) is 0 Å². The molecule has 0 unspecified atom stereocenters. The van der Waals surface area contributed by atoms with Gasteiger partial charge in [-0.3, -0.25) is 20.0 Å². The van der Waals surface area contributed by atoms with Gasteiger partial charge in [0.1, 0.15) is 0 Å². The molecule has 14 aromatic rings. The molecule has 16 heteroatoms. The third-order valence-electron chi connectivity index (χ3n) is 16.6. The van der Waals surface area contributed by atoms with Gasteiger partial charge in [0.25, 0.3) is 11.9 Å². The first kappa shape index (κ1) is 80.3. The molecule has 2 aliphatic heterocycles. The number of hydrogen-bond acceptors (Lipinski definition) is 10. The summed E-state index contributed by atoms with van der Waals surface area (Å²) in [6.07, 6.45) is 23.0. The maximum absolute atomic E-state index is 4.77. The molecule has 16 rings (SSSR count). The van der Waals surface area contributed by atoms with Crippen molar-refractivity contribution in [2.45, 2.75) is 78.1 Å². The summed E-state index contributed by atoms with van der Waals surface area (Å²) in [5.41, 5.74) is 23.9. The molecule has 0 N–H and O–H groups in total. The van der Waals surface area contributed by atoms with Gasteiger partial charge in [-0.05, 0) is 114 Å². The molecule has 6 aromatic heterocycles. The number of pyridine rings is 2. The summed E-state index contributed by atoms with van der Waals surface area (Å²) in [6, 6.07) is 105. The van der Waals surface area contributed by atoms with E-state index in [9.17, 15) is 0 Å². The van der Waals surface area contributed by atoms with Crippen LogP contribution in [0.3, 0.4) is 0 Å². The predicted molar refractivity (Wildman–Crippen MR) is 402 cm³/mol. The van der Waals surface area contributed by atoms with Gasteiger partial charge in [-0.1, -0.05) is 24.3 Å². The molecule has 0 atom stereocenters. The van der Waals surface area contributed by atoms with E-state index in [-0.39, 0.29) is 84.3 Å². The molecule has 8 aromatic carbocycles. The molecule has 0 bridgehead atoms. The number of aromatic nitrogens is 10. The molecular formula is C90H72N12Pt4. The maximum atomic E-state index is 4.77. The predicted octanol–water partition coefficient (Wildman–Crippen LogP) is 16.6. The molecule has 532 valence electrons. The number of rotatable bonds is 20. The molecule has 0 saturated carbocycles. The summed E-state index contributed by atoms with van der Waals surface area (Å²) in [6.45, 7) is 3.98. The third kappa shape index (κ3) is 24.4. The van der Waals surface area contributed by atoms with E-state index in [1.54, 1.807) is 28.0 Å². The van der Waals surface area contributed by atoms with Crippen LogP contribution in [0.1, 0.15) is 125 Å². The van der Waals surface area contributed by atoms with Crippen molar-refractivity contribution in [3.8, 4) is 11.9 Å². The summed E-state index contributed by atoms with van der Waals surface area (Å²) in [5, 5.41) is 8.65. The molecule has 0 saturated heterocycles. The van der Waals surface area contributed by atoms with Crippen LogP contribution in [-0.2, 0) is 136 Å². The summed E-state index contributed by atoms with van der Waals surface area (Å²) >= 11 is 0. The van der Waals surface area contributed by atoms with Crippen molar-refractivity contribution in [3.63, 3.8) is 0 Å². The van der Waals surface area contributed by atoms with Gasteiger partial charge in [0, 0.05) is 78.5 Å². The van der Waals surface area contributed by atoms with Crippen molar-refractivity contribution in [2.24, 2.45) is 9.98 Å². The largest absolute Gasteiger partial charge is 2.00 e. The fourth-order valence-corrected chi connectivity index (χ4v) is 11.8. The Morgan fingerprint density at radius 3 is 1.02 bits per heavy atom. The van der Waals surface area contributed by atoms with Gasteiger partial charge >= 0.3 is 84.3 Å². The Balaban J connectivity index is 0.000000162. The Hall–Kier alpha value is -9.79. The standard InChI is InChI=1S/C23H20N4.2C23H18N2.C21H16N4.4Pt/c1-17-13-18(2)27(26-17)23-24-12-11-22(25-23)16-21-10-6-9-20(15-21)14-19-7-4-3-5-8-19;2*1-2-7-18(8-3-1)15-19-9-4-10-20(16-19)17-21-11-5-12-23(25-21)22-13-6-14-24-22;1-2-6-17(7-3-1)14-18-8-4-9-19(15-18)16-20-10-12-22-21(24-20)25-13-5-11-23-25;;;;/h3-7,9-13H,14,16H2,1-2H3;2*1-7,9-12,14H,13,15,17H2;1-6,8-13H,14,16H2;;;;/q4*-2;4*+2. The zero-order chi connectivity index (χ0) is 69.3. The normalized spacial score (nSPS) is 11.5. The van der Waals surface area contributed by atoms with Crippen LogP contribution in [0.4, 0.5) is 0 Å². The average Bonchev–Trinajstić information content (AvgIpc) is 1.79. The molecule has 106 heavy (non-hydrogen) atoms. The van der Waals surface area contributed by atoms with Crippen LogP contribution < -0.4 is 0 Å². The molecule has 0 radical (unpaired) electrons. The number of benzene rings is 8. The van der Waals surface area contributed by atoms with Crippen molar-refractivity contribution in [1.82, 2.24) is 49.5 Å². The quantitative estimate of drug-likeness (QED) is 0.0688. The molecule has 0 aliphatic carbocycles. The summed E-state index contributed by atoms with van der Waals surface area (Å²) in [4.78, 5) is 36.2. The monoisotopic (exact) mass is 2100 g/mol. The Kier molecular flexibility index (Phi) is 31.7. The van der Waals surface area contributed by atoms with E-state index in [1.807, 2.05) is 142 Å². The van der Waals surface area contributed by atoms with Gasteiger partial charge in [0.05, 0.1) is 28.5 Å². The average molecular weight is 2100 g/mol. The maximum Gasteiger partial charge on any atom is 2.00 e. The van der Waals surface area contributed by atoms with Crippen LogP contribution >= 0.6 is 0 Å². The minimum absolute atomic E-state index is 0. The first-order valence-corrected chi connectivity index (χ1v) is 34.1. The zero-order valence-electron chi connectivity index (χ0n) is 58.3. The Morgan fingerprint density at radius 1 is 0.340 bits per heavy atom. The van der Waals surface area contributed by atoms with Crippen molar-refractivity contribution >= 4 is 11.4 Å². The van der Waals surface area contributed by atoms with Crippen LogP contribution in [0.5, 0.6) is 0 Å². The van der Waals surface area contributed by atoms with Gasteiger partial charge in [-0.25, -0.2) is 29.3 Å². The smallest absolute Gasteiger partial charge is 0.259 e. The van der Waals surface area contributed by atoms with Crippen LogP contribution in [0.2, 0.25) is 0 Å². The number of hydrogen-bond donors (Lipinski definition) is 0. The van der Waals surface area contributed by atoms with Crippen molar-refractivity contribution in [1.29, 1.82) is 0 Å². The van der Waals surface area contributed by atoms with Gasteiger partial charge in [0.2, 0.25) is 0 Å². The number of aryl methyl sites for hydroxylation is 2. The molecule has 0 amide bonds. The SMILES string of the molecule is Cc1cc(C)n(-c2nccc(Cc3[c-]c(Cc4[c-]cccc4)ccc3)n2)n1.[Pt+2].[Pt+2].[Pt+2].[Pt+2].[c-]1ccccc1Cc1[c-]c(Cc2cccc(C3=NC=CC3)n2)ccc1.[c-]1ccccc1Cc1[c-]c(Cc2cccc(C3=NC=CC3)n2)ccc1.[c-]1ccccc1Cc1[c-]c(Cc2ccnc(-n3cccn3)n2)ccc1. The Morgan fingerprint density at radius 2 is 0.689 bits per heavy atom. The first-order valence-electron chi connectivity index (χ1n) is 34.1. The number of nitrogens with zero attached hydrogens (tertiary/aromatic N) is 12. The number of aliphatic imine (C=N–C) groups is 2. The molecule has 0 spiro atoms. The van der Waals surface area contributed by atoms with E-state index in [0.717, 1.165) is 142 Å². The van der Waals surface area contributed by atoms with Crippen molar-refractivity contribution in [3.05, 3.63) is 441 Å². The van der Waals surface area contributed by atoms with Gasteiger partial charge < -0.3 is 0 Å². The van der Waals surface area contributed by atoms with E-state index in [4.69, 9.17) is 9.97 Å². The van der Waals surface area contributed by atoms with E-state index < -0.39 is 0 Å². The summed E-state index contributed by atoms with van der Waals surface area (Å²) in [7, 11) is 0. The van der Waals surface area contributed by atoms with E-state index >= 15 is 0 Å². The summed E-state index contributed by atoms with van der Waals surface area (Å²) in [5.74, 6) is 1.19. The van der Waals surface area contributed by atoms with E-state index in [2.05, 4.69) is 222 Å². The van der Waals surface area contributed by atoms with E-state index in [0.29, 0.717) is 24.7 Å². The van der Waals surface area contributed by atoms with Crippen molar-refractivity contribution < 1.29 is 84.3 Å². The minimum atomic E-state index is 0.